The van der Waals surface area contributed by atoms with Gasteiger partial charge in [0, 0.05) is 74.6 Å². The quantitative estimate of drug-likeness (QED) is 0.296. The van der Waals surface area contributed by atoms with Crippen LogP contribution in [0.15, 0.2) is 55.2 Å². The average Bonchev–Trinajstić information content (AvgIpc) is 3.68. The van der Waals surface area contributed by atoms with Crippen molar-refractivity contribution in [2.24, 2.45) is 7.05 Å². The van der Waals surface area contributed by atoms with Crippen molar-refractivity contribution >= 4 is 34.3 Å². The van der Waals surface area contributed by atoms with Gasteiger partial charge in [0.05, 0.1) is 23.4 Å². The maximum Gasteiger partial charge on any atom is 0.240 e. The van der Waals surface area contributed by atoms with Crippen molar-refractivity contribution in [3.05, 3.63) is 66.5 Å². The third-order valence-electron chi connectivity index (χ3n) is 7.44. The van der Waals surface area contributed by atoms with Crippen LogP contribution in [0.2, 0.25) is 0 Å². The molecule has 12 nitrogen and oxygen atoms in total. The summed E-state index contributed by atoms with van der Waals surface area (Å²) in [5.74, 6) is 1.71. The molecule has 1 amide bonds. The maximum absolute atomic E-state index is 13.4. The first-order chi connectivity index (χ1) is 19.9. The number of likely N-dealkylation sites (N-methyl/N-ethyl adjacent to an activating group) is 1. The second-order valence-electron chi connectivity index (χ2n) is 10.3. The summed E-state index contributed by atoms with van der Waals surface area (Å²) in [5, 5.41) is 8.62. The molecule has 0 unspecified atom stereocenters. The van der Waals surface area contributed by atoms with E-state index in [9.17, 15) is 4.79 Å². The zero-order valence-corrected chi connectivity index (χ0v) is 23.5. The predicted octanol–water partition coefficient (Wildman–Crippen LogP) is 3.62. The molecule has 2 N–H and O–H groups in total. The monoisotopic (exact) mass is 552 g/mol. The molecule has 1 atom stereocenters. The summed E-state index contributed by atoms with van der Waals surface area (Å²) < 4.78 is 7.75. The van der Waals surface area contributed by atoms with Crippen molar-refractivity contribution in [2.45, 2.75) is 26.4 Å². The minimum Gasteiger partial charge on any atom is -0.473 e. The van der Waals surface area contributed by atoms with Crippen LogP contribution in [0, 0.1) is 13.8 Å². The number of aromatic amines is 1. The molecular formula is C29H32N10O2. The predicted molar refractivity (Wildman–Crippen MR) is 156 cm³/mol. The first-order valence-electron chi connectivity index (χ1n) is 13.5. The minimum absolute atomic E-state index is 0.00502. The van der Waals surface area contributed by atoms with E-state index in [4.69, 9.17) is 9.72 Å². The Morgan fingerprint density at radius 3 is 2.90 bits per heavy atom. The molecule has 0 aliphatic carbocycles. The van der Waals surface area contributed by atoms with Gasteiger partial charge in [-0.25, -0.2) is 19.9 Å². The number of aromatic nitrogens is 7. The smallest absolute Gasteiger partial charge is 0.240 e. The van der Waals surface area contributed by atoms with E-state index in [-0.39, 0.29) is 12.0 Å². The molecule has 5 heterocycles. The molecule has 1 aromatic carbocycles. The number of aryl methyl sites for hydroxylation is 3. The van der Waals surface area contributed by atoms with Gasteiger partial charge in [0.15, 0.2) is 5.82 Å². The summed E-state index contributed by atoms with van der Waals surface area (Å²) >= 11 is 0. The van der Waals surface area contributed by atoms with E-state index in [1.165, 1.54) is 6.33 Å². The van der Waals surface area contributed by atoms with Crippen molar-refractivity contribution in [2.75, 3.05) is 36.9 Å². The molecule has 0 bridgehead atoms. The Morgan fingerprint density at radius 1 is 1.24 bits per heavy atom. The number of H-pyrrole nitrogens is 1. The number of ether oxygens (including phenoxy) is 1. The number of rotatable bonds is 8. The van der Waals surface area contributed by atoms with Gasteiger partial charge in [-0.05, 0) is 31.9 Å². The number of carbonyl (C=O) groups excluding carboxylic acids is 1. The van der Waals surface area contributed by atoms with E-state index >= 15 is 0 Å². The molecule has 12 heteroatoms. The Labute approximate surface area is 237 Å². The van der Waals surface area contributed by atoms with Crippen molar-refractivity contribution in [3.8, 4) is 17.1 Å². The number of fused-ring (bicyclic) bond motifs is 1. The molecule has 0 spiro atoms. The van der Waals surface area contributed by atoms with Crippen LogP contribution in [0.1, 0.15) is 17.7 Å². The van der Waals surface area contributed by atoms with Crippen LogP contribution in [0.3, 0.4) is 0 Å². The SMILES string of the molecule is Cc1cnc(Nc2cc(C)n(C)n2)nc1-c1c[nH]c2c(N(C)C(=O)CN3CC[C@H](Oc4ccncn4)C3)cccc12. The van der Waals surface area contributed by atoms with Gasteiger partial charge in [-0.15, -0.1) is 0 Å². The van der Waals surface area contributed by atoms with Gasteiger partial charge in [0.1, 0.15) is 12.4 Å². The Bertz CT molecular complexity index is 1680. The number of benzene rings is 1. The lowest BCUT2D eigenvalue weighted by Crippen LogP contribution is -2.38. The fourth-order valence-corrected chi connectivity index (χ4v) is 5.11. The van der Waals surface area contributed by atoms with Crippen molar-refractivity contribution in [1.29, 1.82) is 0 Å². The second kappa shape index (κ2) is 11.0. The van der Waals surface area contributed by atoms with Gasteiger partial charge >= 0.3 is 0 Å². The molecule has 6 rings (SSSR count). The summed E-state index contributed by atoms with van der Waals surface area (Å²) in [5.41, 5.74) is 5.39. The topological polar surface area (TPSA) is 130 Å². The maximum atomic E-state index is 13.4. The van der Waals surface area contributed by atoms with Gasteiger partial charge in [-0.2, -0.15) is 5.10 Å². The van der Waals surface area contributed by atoms with E-state index in [0.29, 0.717) is 30.7 Å². The minimum atomic E-state index is -0.00502. The number of amides is 1. The van der Waals surface area contributed by atoms with Crippen LogP contribution in [-0.4, -0.2) is 78.3 Å². The van der Waals surface area contributed by atoms with E-state index in [0.717, 1.165) is 52.1 Å². The summed E-state index contributed by atoms with van der Waals surface area (Å²) in [6.45, 7) is 5.73. The Morgan fingerprint density at radius 2 is 2.12 bits per heavy atom. The van der Waals surface area contributed by atoms with E-state index in [2.05, 4.69) is 35.3 Å². The van der Waals surface area contributed by atoms with Crippen molar-refractivity contribution < 1.29 is 9.53 Å². The second-order valence-corrected chi connectivity index (χ2v) is 10.3. The van der Waals surface area contributed by atoms with Gasteiger partial charge in [0.25, 0.3) is 0 Å². The number of para-hydroxylation sites is 1. The Balaban J connectivity index is 1.18. The number of nitrogens with zero attached hydrogens (tertiary/aromatic N) is 8. The fraction of sp³-hybridized carbons (Fsp3) is 0.310. The molecule has 4 aromatic heterocycles. The van der Waals surface area contributed by atoms with Crippen LogP contribution < -0.4 is 15.0 Å². The first kappa shape index (κ1) is 26.4. The zero-order valence-electron chi connectivity index (χ0n) is 23.5. The fourth-order valence-electron chi connectivity index (χ4n) is 5.11. The van der Waals surface area contributed by atoms with E-state index < -0.39 is 0 Å². The van der Waals surface area contributed by atoms with Crippen molar-refractivity contribution in [3.63, 3.8) is 0 Å². The normalized spacial score (nSPS) is 15.4. The molecule has 0 radical (unpaired) electrons. The van der Waals surface area contributed by atoms with Gasteiger partial charge in [-0.3, -0.25) is 14.4 Å². The number of carbonyl (C=O) groups is 1. The Kier molecular flexibility index (Phi) is 7.06. The average molecular weight is 553 g/mol. The highest BCUT2D eigenvalue weighted by molar-refractivity contribution is 6.07. The molecule has 1 saturated heterocycles. The highest BCUT2D eigenvalue weighted by atomic mass is 16.5. The third-order valence-corrected chi connectivity index (χ3v) is 7.44. The molecule has 210 valence electrons. The van der Waals surface area contributed by atoms with Crippen molar-refractivity contribution in [1.82, 2.24) is 39.6 Å². The number of anilines is 3. The number of likely N-dealkylation sites (tertiary alicyclic amines) is 1. The lowest BCUT2D eigenvalue weighted by Gasteiger charge is -2.22. The molecule has 41 heavy (non-hydrogen) atoms. The molecule has 5 aromatic rings. The number of hydrogen-bond donors (Lipinski definition) is 2. The lowest BCUT2D eigenvalue weighted by molar-refractivity contribution is -0.119. The standard InChI is InChI=1S/C29H32N10O2/c1-18-13-32-29(34-24-12-19(2)38(4)36-24)35-27(18)22-14-31-28-21(22)6-5-7-23(28)37(3)26(40)16-39-11-9-20(15-39)41-25-8-10-30-17-33-25/h5-8,10,12-14,17,20,31H,9,11,15-16H2,1-4H3,(H,32,34,35,36)/t20-/m0/s1. The number of hydrogen-bond acceptors (Lipinski definition) is 9. The lowest BCUT2D eigenvalue weighted by atomic mass is 10.1. The highest BCUT2D eigenvalue weighted by Crippen LogP contribution is 2.34. The summed E-state index contributed by atoms with van der Waals surface area (Å²) in [6.07, 6.45) is 7.70. The van der Waals surface area contributed by atoms with Gasteiger partial charge < -0.3 is 19.9 Å². The molecule has 1 fully saturated rings. The highest BCUT2D eigenvalue weighted by Gasteiger charge is 2.27. The number of nitrogens with one attached hydrogen (secondary N) is 2. The zero-order chi connectivity index (χ0) is 28.5. The van der Waals surface area contributed by atoms with E-state index in [1.54, 1.807) is 28.0 Å². The van der Waals surface area contributed by atoms with E-state index in [1.807, 2.05) is 58.4 Å². The van der Waals surface area contributed by atoms with Crippen LogP contribution in [-0.2, 0) is 11.8 Å². The van der Waals surface area contributed by atoms with Crippen LogP contribution in [0.4, 0.5) is 17.5 Å². The van der Waals surface area contributed by atoms with Crippen LogP contribution in [0.25, 0.3) is 22.2 Å². The van der Waals surface area contributed by atoms with Gasteiger partial charge in [-0.1, -0.05) is 12.1 Å². The first-order valence-corrected chi connectivity index (χ1v) is 13.5. The molecule has 1 aliphatic rings. The third kappa shape index (κ3) is 5.46. The molecule has 1 aliphatic heterocycles. The molecule has 0 saturated carbocycles. The van der Waals surface area contributed by atoms with Crippen LogP contribution in [0.5, 0.6) is 5.88 Å². The Hall–Kier alpha value is -4.84. The molecular weight excluding hydrogens is 520 g/mol. The van der Waals surface area contributed by atoms with Crippen LogP contribution >= 0.6 is 0 Å². The van der Waals surface area contributed by atoms with Gasteiger partial charge in [0.2, 0.25) is 17.7 Å². The summed E-state index contributed by atoms with van der Waals surface area (Å²) in [6, 6.07) is 9.65. The summed E-state index contributed by atoms with van der Waals surface area (Å²) in [7, 11) is 3.71. The summed E-state index contributed by atoms with van der Waals surface area (Å²) in [4.78, 5) is 37.9. The largest absolute Gasteiger partial charge is 0.473 e.